The van der Waals surface area contributed by atoms with Crippen LogP contribution in [-0.4, -0.2) is 36.6 Å². The van der Waals surface area contributed by atoms with E-state index in [9.17, 15) is 0 Å². The minimum absolute atomic E-state index is 0.724. The molecule has 1 heterocycles. The number of piperidine rings is 1. The minimum Gasteiger partial charge on any atom is -0.312 e. The van der Waals surface area contributed by atoms with Crippen molar-refractivity contribution in [2.24, 2.45) is 17.8 Å². The van der Waals surface area contributed by atoms with E-state index in [1.165, 1.54) is 64.6 Å². The van der Waals surface area contributed by atoms with Gasteiger partial charge in [-0.15, -0.1) is 0 Å². The van der Waals surface area contributed by atoms with Crippen molar-refractivity contribution in [1.82, 2.24) is 10.2 Å². The highest BCUT2D eigenvalue weighted by Gasteiger charge is 2.30. The second kappa shape index (κ2) is 8.53. The summed E-state index contributed by atoms with van der Waals surface area (Å²) in [6.45, 7) is 13.4. The summed E-state index contributed by atoms with van der Waals surface area (Å²) >= 11 is 0. The highest BCUT2D eigenvalue weighted by atomic mass is 15.2. The van der Waals surface area contributed by atoms with Crippen LogP contribution in [0.4, 0.5) is 0 Å². The fraction of sp³-hybridized carbons (Fsp3) is 1.00. The Bertz CT molecular complexity index is 283. The topological polar surface area (TPSA) is 15.3 Å². The van der Waals surface area contributed by atoms with Gasteiger partial charge in [-0.1, -0.05) is 40.0 Å². The summed E-state index contributed by atoms with van der Waals surface area (Å²) in [5.41, 5.74) is 0. The Morgan fingerprint density at radius 2 is 1.76 bits per heavy atom. The van der Waals surface area contributed by atoms with Gasteiger partial charge in [0, 0.05) is 25.2 Å². The van der Waals surface area contributed by atoms with E-state index in [4.69, 9.17) is 0 Å². The first-order valence-corrected chi connectivity index (χ1v) is 9.57. The summed E-state index contributed by atoms with van der Waals surface area (Å²) in [6.07, 6.45) is 9.98. The summed E-state index contributed by atoms with van der Waals surface area (Å²) in [6, 6.07) is 1.47. The third-order valence-corrected chi connectivity index (χ3v) is 6.09. The van der Waals surface area contributed by atoms with Crippen LogP contribution in [0.5, 0.6) is 0 Å². The standard InChI is InChI=1S/C19H38N2/c1-5-16(4)21-13-18(15(2)3)11-19(14-21)20-12-17-9-7-6-8-10-17/h15-20H,5-14H2,1-4H3. The van der Waals surface area contributed by atoms with E-state index < -0.39 is 0 Å². The van der Waals surface area contributed by atoms with E-state index in [1.807, 2.05) is 0 Å². The molecule has 124 valence electrons. The summed E-state index contributed by atoms with van der Waals surface area (Å²) in [5.74, 6) is 2.64. The second-order valence-electron chi connectivity index (χ2n) is 8.06. The van der Waals surface area contributed by atoms with Gasteiger partial charge in [0.2, 0.25) is 0 Å². The van der Waals surface area contributed by atoms with Crippen LogP contribution < -0.4 is 5.32 Å². The quantitative estimate of drug-likeness (QED) is 0.785. The molecule has 2 heteroatoms. The molecular weight excluding hydrogens is 256 g/mol. The third-order valence-electron chi connectivity index (χ3n) is 6.09. The van der Waals surface area contributed by atoms with Crippen molar-refractivity contribution in [3.63, 3.8) is 0 Å². The highest BCUT2D eigenvalue weighted by Crippen LogP contribution is 2.27. The van der Waals surface area contributed by atoms with Crippen molar-refractivity contribution >= 4 is 0 Å². The maximum atomic E-state index is 3.94. The Morgan fingerprint density at radius 1 is 1.05 bits per heavy atom. The molecule has 0 aromatic carbocycles. The lowest BCUT2D eigenvalue weighted by Gasteiger charge is -2.43. The number of hydrogen-bond acceptors (Lipinski definition) is 2. The molecular formula is C19H38N2. The van der Waals surface area contributed by atoms with Crippen LogP contribution in [0.25, 0.3) is 0 Å². The van der Waals surface area contributed by atoms with Gasteiger partial charge in [-0.05, 0) is 56.9 Å². The molecule has 0 spiro atoms. The van der Waals surface area contributed by atoms with E-state index in [-0.39, 0.29) is 0 Å². The van der Waals surface area contributed by atoms with E-state index in [2.05, 4.69) is 37.9 Å². The molecule has 0 radical (unpaired) electrons. The molecule has 1 N–H and O–H groups in total. The molecule has 0 amide bonds. The van der Waals surface area contributed by atoms with Gasteiger partial charge in [-0.2, -0.15) is 0 Å². The van der Waals surface area contributed by atoms with Crippen molar-refractivity contribution in [3.8, 4) is 0 Å². The summed E-state index contributed by atoms with van der Waals surface area (Å²) < 4.78 is 0. The van der Waals surface area contributed by atoms with Crippen molar-refractivity contribution in [2.45, 2.75) is 84.7 Å². The molecule has 1 aliphatic carbocycles. The van der Waals surface area contributed by atoms with E-state index in [0.29, 0.717) is 0 Å². The van der Waals surface area contributed by atoms with Crippen molar-refractivity contribution < 1.29 is 0 Å². The van der Waals surface area contributed by atoms with Crippen LogP contribution in [0.3, 0.4) is 0 Å². The molecule has 2 rings (SSSR count). The Morgan fingerprint density at radius 3 is 2.38 bits per heavy atom. The number of nitrogens with zero attached hydrogens (tertiary/aromatic N) is 1. The Hall–Kier alpha value is -0.0800. The number of nitrogens with one attached hydrogen (secondary N) is 1. The average Bonchev–Trinajstić information content (AvgIpc) is 2.52. The van der Waals surface area contributed by atoms with Gasteiger partial charge in [0.05, 0.1) is 0 Å². The van der Waals surface area contributed by atoms with Crippen LogP contribution >= 0.6 is 0 Å². The lowest BCUT2D eigenvalue weighted by Crippen LogP contribution is -2.53. The normalized spacial score (nSPS) is 30.7. The average molecular weight is 295 g/mol. The summed E-state index contributed by atoms with van der Waals surface area (Å²) in [4.78, 5) is 2.74. The Balaban J connectivity index is 1.84. The SMILES string of the molecule is CCC(C)N1CC(NCC2CCCCC2)CC(C(C)C)C1. The van der Waals surface area contributed by atoms with Crippen LogP contribution in [0, 0.1) is 17.8 Å². The third kappa shape index (κ3) is 5.25. The largest absolute Gasteiger partial charge is 0.312 e. The predicted molar refractivity (Wildman–Crippen MR) is 92.6 cm³/mol. The van der Waals surface area contributed by atoms with E-state index in [1.54, 1.807) is 0 Å². The Kier molecular flexibility index (Phi) is 7.01. The maximum Gasteiger partial charge on any atom is 0.0198 e. The monoisotopic (exact) mass is 294 g/mol. The van der Waals surface area contributed by atoms with Gasteiger partial charge in [0.25, 0.3) is 0 Å². The number of rotatable bonds is 6. The zero-order chi connectivity index (χ0) is 15.2. The van der Waals surface area contributed by atoms with Gasteiger partial charge in [0.1, 0.15) is 0 Å². The highest BCUT2D eigenvalue weighted by molar-refractivity contribution is 4.87. The molecule has 3 atom stereocenters. The molecule has 3 unspecified atom stereocenters. The predicted octanol–water partition coefficient (Wildman–Crippen LogP) is 4.30. The smallest absolute Gasteiger partial charge is 0.0198 e. The molecule has 2 aliphatic rings. The molecule has 2 fully saturated rings. The maximum absolute atomic E-state index is 3.94. The summed E-state index contributed by atoms with van der Waals surface area (Å²) in [5, 5.41) is 3.94. The molecule has 21 heavy (non-hydrogen) atoms. The fourth-order valence-corrected chi connectivity index (χ4v) is 4.15. The van der Waals surface area contributed by atoms with Crippen molar-refractivity contribution in [3.05, 3.63) is 0 Å². The minimum atomic E-state index is 0.724. The van der Waals surface area contributed by atoms with Gasteiger partial charge >= 0.3 is 0 Å². The Labute approximate surface area is 133 Å². The van der Waals surface area contributed by atoms with Crippen LogP contribution in [-0.2, 0) is 0 Å². The van der Waals surface area contributed by atoms with Gasteiger partial charge in [0.15, 0.2) is 0 Å². The molecule has 1 saturated carbocycles. The van der Waals surface area contributed by atoms with Crippen LogP contribution in [0.15, 0.2) is 0 Å². The zero-order valence-corrected chi connectivity index (χ0v) is 14.9. The second-order valence-corrected chi connectivity index (χ2v) is 8.06. The van der Waals surface area contributed by atoms with Gasteiger partial charge in [-0.3, -0.25) is 4.90 Å². The fourth-order valence-electron chi connectivity index (χ4n) is 4.15. The van der Waals surface area contributed by atoms with E-state index in [0.717, 1.165) is 29.8 Å². The molecule has 1 saturated heterocycles. The first kappa shape index (κ1) is 17.3. The summed E-state index contributed by atoms with van der Waals surface area (Å²) in [7, 11) is 0. The van der Waals surface area contributed by atoms with Gasteiger partial charge < -0.3 is 5.32 Å². The molecule has 0 bridgehead atoms. The van der Waals surface area contributed by atoms with E-state index >= 15 is 0 Å². The lowest BCUT2D eigenvalue weighted by molar-refractivity contribution is 0.0806. The van der Waals surface area contributed by atoms with Crippen molar-refractivity contribution in [1.29, 1.82) is 0 Å². The number of likely N-dealkylation sites (tertiary alicyclic amines) is 1. The number of hydrogen-bond donors (Lipinski definition) is 1. The lowest BCUT2D eigenvalue weighted by atomic mass is 9.84. The molecule has 1 aliphatic heterocycles. The molecule has 2 nitrogen and oxygen atoms in total. The zero-order valence-electron chi connectivity index (χ0n) is 14.9. The van der Waals surface area contributed by atoms with Crippen molar-refractivity contribution in [2.75, 3.05) is 19.6 Å². The molecule has 0 aromatic heterocycles. The first-order chi connectivity index (χ1) is 10.1. The first-order valence-electron chi connectivity index (χ1n) is 9.57. The van der Waals surface area contributed by atoms with Gasteiger partial charge in [-0.25, -0.2) is 0 Å². The van der Waals surface area contributed by atoms with Crippen LogP contribution in [0.2, 0.25) is 0 Å². The van der Waals surface area contributed by atoms with Crippen LogP contribution in [0.1, 0.15) is 72.6 Å². The molecule has 0 aromatic rings.